The van der Waals surface area contributed by atoms with Gasteiger partial charge in [0, 0.05) is 12.7 Å². The fourth-order valence-corrected chi connectivity index (χ4v) is 2.03. The summed E-state index contributed by atoms with van der Waals surface area (Å²) in [4.78, 5) is 16.4. The highest BCUT2D eigenvalue weighted by Gasteiger charge is 2.30. The predicted octanol–water partition coefficient (Wildman–Crippen LogP) is 3.57. The van der Waals surface area contributed by atoms with E-state index >= 15 is 0 Å². The first-order chi connectivity index (χ1) is 10.4. The van der Waals surface area contributed by atoms with Crippen molar-refractivity contribution in [1.82, 2.24) is 9.88 Å². The van der Waals surface area contributed by atoms with E-state index in [9.17, 15) is 18.0 Å². The molecule has 0 saturated heterocycles. The number of carbonyl (C=O) groups excluding carboxylic acids is 1. The molecule has 0 bridgehead atoms. The van der Waals surface area contributed by atoms with Gasteiger partial charge < -0.3 is 4.90 Å². The van der Waals surface area contributed by atoms with E-state index in [2.05, 4.69) is 4.98 Å². The van der Waals surface area contributed by atoms with Crippen molar-refractivity contribution in [3.8, 4) is 0 Å². The van der Waals surface area contributed by atoms with Gasteiger partial charge in [-0.15, -0.1) is 0 Å². The second-order valence-electron chi connectivity index (χ2n) is 4.97. The molecule has 1 amide bonds. The van der Waals surface area contributed by atoms with Crippen molar-refractivity contribution < 1.29 is 18.0 Å². The van der Waals surface area contributed by atoms with Crippen LogP contribution in [0.1, 0.15) is 22.4 Å². The molecule has 0 saturated carbocycles. The Bertz CT molecular complexity index is 639. The van der Waals surface area contributed by atoms with Gasteiger partial charge in [0.15, 0.2) is 0 Å². The quantitative estimate of drug-likeness (QED) is 0.791. The number of nitrogens with zero attached hydrogens (tertiary/aromatic N) is 2. The van der Waals surface area contributed by atoms with Gasteiger partial charge >= 0.3 is 6.18 Å². The topological polar surface area (TPSA) is 33.2 Å². The second-order valence-corrected chi connectivity index (χ2v) is 4.97. The molecule has 1 heterocycles. The van der Waals surface area contributed by atoms with Crippen molar-refractivity contribution in [3.63, 3.8) is 0 Å². The van der Waals surface area contributed by atoms with Gasteiger partial charge in [-0.3, -0.25) is 9.78 Å². The van der Waals surface area contributed by atoms with E-state index in [0.29, 0.717) is 18.6 Å². The van der Waals surface area contributed by atoms with Crippen LogP contribution in [0, 0.1) is 6.92 Å². The van der Waals surface area contributed by atoms with Crippen molar-refractivity contribution in [2.24, 2.45) is 0 Å². The van der Waals surface area contributed by atoms with Gasteiger partial charge in [0.05, 0.1) is 17.8 Å². The molecule has 0 aliphatic carbocycles. The summed E-state index contributed by atoms with van der Waals surface area (Å²) in [7, 11) is 0. The van der Waals surface area contributed by atoms with Crippen molar-refractivity contribution in [3.05, 3.63) is 65.0 Å². The number of hydrogen-bond donors (Lipinski definition) is 0. The number of rotatable bonds is 5. The minimum absolute atomic E-state index is 0.163. The van der Waals surface area contributed by atoms with E-state index < -0.39 is 11.7 Å². The molecule has 0 fully saturated rings. The lowest BCUT2D eigenvalue weighted by Crippen LogP contribution is -2.22. The first kappa shape index (κ1) is 16.0. The van der Waals surface area contributed by atoms with Gasteiger partial charge in [0.1, 0.15) is 0 Å². The molecule has 2 aromatic rings. The molecular weight excluding hydrogens is 293 g/mol. The fourth-order valence-electron chi connectivity index (χ4n) is 2.03. The SMILES string of the molecule is Cc1ccccc1CN(C=O)Cc1ccc(C(F)(F)F)cn1. The molecule has 116 valence electrons. The Morgan fingerprint density at radius 2 is 1.86 bits per heavy atom. The van der Waals surface area contributed by atoms with E-state index in [1.54, 1.807) is 0 Å². The van der Waals surface area contributed by atoms with E-state index in [4.69, 9.17) is 0 Å². The summed E-state index contributed by atoms with van der Waals surface area (Å²) in [6.45, 7) is 2.49. The highest BCUT2D eigenvalue weighted by atomic mass is 19.4. The Hall–Kier alpha value is -2.37. The third kappa shape index (κ3) is 4.07. The third-order valence-corrected chi connectivity index (χ3v) is 3.30. The number of halogens is 3. The largest absolute Gasteiger partial charge is 0.417 e. The second kappa shape index (κ2) is 6.60. The number of hydrogen-bond acceptors (Lipinski definition) is 2. The molecule has 0 unspecified atom stereocenters. The van der Waals surface area contributed by atoms with E-state index in [1.165, 1.54) is 11.0 Å². The summed E-state index contributed by atoms with van der Waals surface area (Å²) >= 11 is 0. The molecule has 6 heteroatoms. The van der Waals surface area contributed by atoms with Crippen molar-refractivity contribution in [2.45, 2.75) is 26.2 Å². The minimum Gasteiger partial charge on any atom is -0.335 e. The average molecular weight is 308 g/mol. The Balaban J connectivity index is 2.07. The molecule has 0 atom stereocenters. The van der Waals surface area contributed by atoms with Crippen LogP contribution in [0.25, 0.3) is 0 Å². The van der Waals surface area contributed by atoms with Gasteiger partial charge in [-0.25, -0.2) is 0 Å². The Morgan fingerprint density at radius 3 is 2.41 bits per heavy atom. The first-order valence-corrected chi connectivity index (χ1v) is 6.66. The van der Waals surface area contributed by atoms with Crippen LogP contribution in [-0.4, -0.2) is 16.3 Å². The standard InChI is InChI=1S/C16H15F3N2O/c1-12-4-2-3-5-13(12)9-21(11-22)10-15-7-6-14(8-20-15)16(17,18)19/h2-8,11H,9-10H2,1H3. The van der Waals surface area contributed by atoms with Crippen molar-refractivity contribution >= 4 is 6.41 Å². The Morgan fingerprint density at radius 1 is 1.14 bits per heavy atom. The summed E-state index contributed by atoms with van der Waals surface area (Å²) in [5.41, 5.74) is 1.65. The molecule has 0 N–H and O–H groups in total. The highest BCUT2D eigenvalue weighted by molar-refractivity contribution is 5.48. The van der Waals surface area contributed by atoms with Crippen LogP contribution in [0.4, 0.5) is 13.2 Å². The summed E-state index contributed by atoms with van der Waals surface area (Å²) in [6, 6.07) is 9.89. The molecule has 1 aromatic carbocycles. The first-order valence-electron chi connectivity index (χ1n) is 6.66. The van der Waals surface area contributed by atoms with Crippen LogP contribution >= 0.6 is 0 Å². The maximum Gasteiger partial charge on any atom is 0.417 e. The van der Waals surface area contributed by atoms with Crippen LogP contribution in [0.3, 0.4) is 0 Å². The highest BCUT2D eigenvalue weighted by Crippen LogP contribution is 2.28. The smallest absolute Gasteiger partial charge is 0.335 e. The lowest BCUT2D eigenvalue weighted by Gasteiger charge is -2.18. The predicted molar refractivity (Wildman–Crippen MR) is 75.7 cm³/mol. The van der Waals surface area contributed by atoms with E-state index in [-0.39, 0.29) is 6.54 Å². The van der Waals surface area contributed by atoms with Gasteiger partial charge in [-0.05, 0) is 30.2 Å². The maximum atomic E-state index is 12.5. The van der Waals surface area contributed by atoms with E-state index in [0.717, 1.165) is 23.4 Å². The molecular formula is C16H15F3N2O. The maximum absolute atomic E-state index is 12.5. The average Bonchev–Trinajstić information content (AvgIpc) is 2.48. The molecule has 0 spiro atoms. The molecule has 2 rings (SSSR count). The lowest BCUT2D eigenvalue weighted by atomic mass is 10.1. The zero-order chi connectivity index (χ0) is 16.2. The van der Waals surface area contributed by atoms with Gasteiger partial charge in [-0.2, -0.15) is 13.2 Å². The summed E-state index contributed by atoms with van der Waals surface area (Å²) < 4.78 is 37.4. The Kier molecular flexibility index (Phi) is 4.80. The molecule has 1 aromatic heterocycles. The summed E-state index contributed by atoms with van der Waals surface area (Å²) in [5.74, 6) is 0. The lowest BCUT2D eigenvalue weighted by molar-refractivity contribution is -0.137. The van der Waals surface area contributed by atoms with Gasteiger partial charge in [-0.1, -0.05) is 24.3 Å². The van der Waals surface area contributed by atoms with Crippen LogP contribution in [0.15, 0.2) is 42.6 Å². The number of aryl methyl sites for hydroxylation is 1. The Labute approximate surface area is 126 Å². The number of alkyl halides is 3. The monoisotopic (exact) mass is 308 g/mol. The number of pyridine rings is 1. The van der Waals surface area contributed by atoms with E-state index in [1.807, 2.05) is 31.2 Å². The van der Waals surface area contributed by atoms with Crippen LogP contribution in [0.5, 0.6) is 0 Å². The molecule has 0 radical (unpaired) electrons. The molecule has 3 nitrogen and oxygen atoms in total. The van der Waals surface area contributed by atoms with Gasteiger partial charge in [0.25, 0.3) is 0 Å². The summed E-state index contributed by atoms with van der Waals surface area (Å²) in [5, 5.41) is 0. The van der Waals surface area contributed by atoms with Crippen molar-refractivity contribution in [1.29, 1.82) is 0 Å². The zero-order valence-corrected chi connectivity index (χ0v) is 12.0. The number of carbonyl (C=O) groups is 1. The summed E-state index contributed by atoms with van der Waals surface area (Å²) in [6.07, 6.45) is -2.95. The van der Waals surface area contributed by atoms with Crippen molar-refractivity contribution in [2.75, 3.05) is 0 Å². The normalized spacial score (nSPS) is 11.3. The zero-order valence-electron chi connectivity index (χ0n) is 12.0. The van der Waals surface area contributed by atoms with Crippen LogP contribution in [-0.2, 0) is 24.1 Å². The number of benzene rings is 1. The van der Waals surface area contributed by atoms with Gasteiger partial charge in [0.2, 0.25) is 6.41 Å². The minimum atomic E-state index is -4.41. The van der Waals surface area contributed by atoms with Crippen LogP contribution in [0.2, 0.25) is 0 Å². The number of amides is 1. The fraction of sp³-hybridized carbons (Fsp3) is 0.250. The molecule has 0 aliphatic heterocycles. The molecule has 22 heavy (non-hydrogen) atoms. The third-order valence-electron chi connectivity index (χ3n) is 3.30. The molecule has 0 aliphatic rings. The van der Waals surface area contributed by atoms with Crippen LogP contribution < -0.4 is 0 Å². The number of aromatic nitrogens is 1.